The number of aromatic amines is 1. The summed E-state index contributed by atoms with van der Waals surface area (Å²) in [6.45, 7) is 10.00. The van der Waals surface area contributed by atoms with E-state index in [2.05, 4.69) is 15.2 Å². The summed E-state index contributed by atoms with van der Waals surface area (Å²) in [4.78, 5) is 4.62. The predicted octanol–water partition coefficient (Wildman–Crippen LogP) is 5.64. The summed E-state index contributed by atoms with van der Waals surface area (Å²) < 4.78 is 12.9. The van der Waals surface area contributed by atoms with Gasteiger partial charge in [-0.25, -0.2) is 9.37 Å². The molecule has 2 heterocycles. The van der Waals surface area contributed by atoms with E-state index in [-0.39, 0.29) is 5.82 Å². The fraction of sp³-hybridized carbons (Fsp3) is 0.263. The molecule has 4 heteroatoms. The highest BCUT2D eigenvalue weighted by atomic mass is 19.1. The van der Waals surface area contributed by atoms with E-state index in [0.29, 0.717) is 0 Å². The van der Waals surface area contributed by atoms with E-state index < -0.39 is 0 Å². The van der Waals surface area contributed by atoms with Crippen LogP contribution >= 0.6 is 0 Å². The molecule has 0 aliphatic carbocycles. The van der Waals surface area contributed by atoms with Crippen molar-refractivity contribution in [2.75, 3.05) is 0 Å². The first-order chi connectivity index (χ1) is 11.2. The molecule has 0 saturated heterocycles. The lowest BCUT2D eigenvalue weighted by Gasteiger charge is -2.06. The first-order valence-corrected chi connectivity index (χ1v) is 7.97. The largest absolute Gasteiger partial charge is 0.276 e. The van der Waals surface area contributed by atoms with Crippen LogP contribution in [0.15, 0.2) is 48.7 Å². The molecular formula is C19H24FN3. The molecule has 0 aliphatic rings. The van der Waals surface area contributed by atoms with Crippen molar-refractivity contribution in [1.29, 1.82) is 0 Å². The van der Waals surface area contributed by atoms with Gasteiger partial charge >= 0.3 is 0 Å². The molecule has 0 unspecified atom stereocenters. The van der Waals surface area contributed by atoms with E-state index in [1.807, 2.05) is 52.8 Å². The monoisotopic (exact) mass is 313 g/mol. The number of aryl methyl sites for hydroxylation is 1. The van der Waals surface area contributed by atoms with Gasteiger partial charge in [0.2, 0.25) is 0 Å². The summed E-state index contributed by atoms with van der Waals surface area (Å²) in [6, 6.07) is 12.1. The minimum absolute atomic E-state index is 0.246. The Bertz CT molecular complexity index is 689. The van der Waals surface area contributed by atoms with Crippen LogP contribution in [0.5, 0.6) is 0 Å². The summed E-state index contributed by atoms with van der Waals surface area (Å²) in [5.74, 6) is -0.246. The van der Waals surface area contributed by atoms with Crippen molar-refractivity contribution in [2.24, 2.45) is 0 Å². The molecule has 1 N–H and O–H groups in total. The fourth-order valence-electron chi connectivity index (χ4n) is 1.97. The van der Waals surface area contributed by atoms with E-state index in [0.717, 1.165) is 28.2 Å². The van der Waals surface area contributed by atoms with Crippen LogP contribution in [-0.4, -0.2) is 15.2 Å². The number of nitrogens with one attached hydrogen (secondary N) is 1. The second-order valence-electron chi connectivity index (χ2n) is 4.34. The predicted molar refractivity (Wildman–Crippen MR) is 94.6 cm³/mol. The molecule has 0 atom stereocenters. The van der Waals surface area contributed by atoms with Gasteiger partial charge in [-0.15, -0.1) is 0 Å². The summed E-state index contributed by atoms with van der Waals surface area (Å²) in [7, 11) is 0. The van der Waals surface area contributed by atoms with Crippen LogP contribution in [0, 0.1) is 12.7 Å². The van der Waals surface area contributed by atoms with E-state index in [1.165, 1.54) is 12.1 Å². The Morgan fingerprint density at radius 3 is 2.09 bits per heavy atom. The molecule has 0 saturated carbocycles. The van der Waals surface area contributed by atoms with E-state index in [9.17, 15) is 4.39 Å². The molecule has 0 amide bonds. The number of halogens is 1. The summed E-state index contributed by atoms with van der Waals surface area (Å²) in [5.41, 5.74) is 4.51. The maximum atomic E-state index is 12.9. The minimum atomic E-state index is -0.246. The van der Waals surface area contributed by atoms with Crippen LogP contribution < -0.4 is 0 Å². The van der Waals surface area contributed by atoms with Gasteiger partial charge in [-0.05, 0) is 48.9 Å². The van der Waals surface area contributed by atoms with Crippen LogP contribution in [0.2, 0.25) is 0 Å². The van der Waals surface area contributed by atoms with Gasteiger partial charge in [0.25, 0.3) is 0 Å². The minimum Gasteiger partial charge on any atom is -0.276 e. The lowest BCUT2D eigenvalue weighted by atomic mass is 10.1. The van der Waals surface area contributed by atoms with Gasteiger partial charge in [0, 0.05) is 11.8 Å². The molecule has 3 aromatic rings. The molecular weight excluding hydrogens is 289 g/mol. The lowest BCUT2D eigenvalue weighted by molar-refractivity contribution is 0.628. The highest BCUT2D eigenvalue weighted by Gasteiger charge is 2.07. The smallest absolute Gasteiger partial charge is 0.123 e. The van der Waals surface area contributed by atoms with Gasteiger partial charge in [0.1, 0.15) is 5.82 Å². The molecule has 0 radical (unpaired) electrons. The van der Waals surface area contributed by atoms with Crippen LogP contribution in [0.25, 0.3) is 22.6 Å². The molecule has 23 heavy (non-hydrogen) atoms. The summed E-state index contributed by atoms with van der Waals surface area (Å²) in [6.07, 6.45) is 1.70. The maximum Gasteiger partial charge on any atom is 0.123 e. The number of aromatic nitrogens is 3. The number of pyridine rings is 1. The second kappa shape index (κ2) is 9.51. The zero-order valence-electron chi connectivity index (χ0n) is 14.4. The molecule has 0 fully saturated rings. The molecule has 0 spiro atoms. The van der Waals surface area contributed by atoms with E-state index >= 15 is 0 Å². The van der Waals surface area contributed by atoms with Crippen LogP contribution in [-0.2, 0) is 0 Å². The molecule has 3 rings (SSSR count). The quantitative estimate of drug-likeness (QED) is 0.665. The topological polar surface area (TPSA) is 41.6 Å². The van der Waals surface area contributed by atoms with Crippen molar-refractivity contribution in [3.63, 3.8) is 0 Å². The molecule has 1 aromatic carbocycles. The Morgan fingerprint density at radius 2 is 1.52 bits per heavy atom. The summed E-state index contributed by atoms with van der Waals surface area (Å²) in [5, 5.41) is 6.85. The lowest BCUT2D eigenvalue weighted by Crippen LogP contribution is -1.92. The first-order valence-electron chi connectivity index (χ1n) is 7.97. The van der Waals surface area contributed by atoms with Crippen molar-refractivity contribution in [3.05, 3.63) is 60.0 Å². The Labute approximate surface area is 137 Å². The van der Waals surface area contributed by atoms with Gasteiger partial charge in [-0.2, -0.15) is 5.10 Å². The van der Waals surface area contributed by atoms with Crippen LogP contribution in [0.3, 0.4) is 0 Å². The third kappa shape index (κ3) is 4.74. The van der Waals surface area contributed by atoms with E-state index in [1.54, 1.807) is 18.3 Å². The van der Waals surface area contributed by atoms with Gasteiger partial charge in [0.15, 0.2) is 0 Å². The Balaban J connectivity index is 0.000000615. The number of benzene rings is 1. The second-order valence-corrected chi connectivity index (χ2v) is 4.34. The number of hydrogen-bond acceptors (Lipinski definition) is 2. The number of rotatable bonds is 2. The third-order valence-corrected chi connectivity index (χ3v) is 2.99. The highest BCUT2D eigenvalue weighted by molar-refractivity contribution is 5.66. The van der Waals surface area contributed by atoms with Crippen molar-refractivity contribution < 1.29 is 4.39 Å². The summed E-state index contributed by atoms with van der Waals surface area (Å²) >= 11 is 0. The van der Waals surface area contributed by atoms with Gasteiger partial charge in [-0.1, -0.05) is 33.8 Å². The molecule has 2 aromatic heterocycles. The van der Waals surface area contributed by atoms with E-state index in [4.69, 9.17) is 0 Å². The zero-order chi connectivity index (χ0) is 17.2. The SMILES string of the molecule is CC.CC.Cc1ccc(-c2ccc(F)cc2)nc1-c1ccn[nH]1. The standard InChI is InChI=1S/C15H12FN3.2C2H6/c1-10-2-7-13(11-3-5-12(16)6-4-11)18-15(10)14-8-9-17-19-14;2*1-2/h2-9H,1H3,(H,17,19);2*1-2H3. The average Bonchev–Trinajstić information content (AvgIpc) is 3.14. The zero-order valence-corrected chi connectivity index (χ0v) is 14.4. The maximum absolute atomic E-state index is 12.9. The van der Waals surface area contributed by atoms with Gasteiger partial charge in [-0.3, -0.25) is 5.10 Å². The Hall–Kier alpha value is -2.49. The molecule has 3 nitrogen and oxygen atoms in total. The molecule has 122 valence electrons. The Kier molecular flexibility index (Phi) is 7.67. The van der Waals surface area contributed by atoms with Crippen molar-refractivity contribution >= 4 is 0 Å². The van der Waals surface area contributed by atoms with Crippen LogP contribution in [0.1, 0.15) is 33.3 Å². The number of hydrogen-bond donors (Lipinski definition) is 1. The number of H-pyrrole nitrogens is 1. The van der Waals surface area contributed by atoms with Gasteiger partial charge in [0.05, 0.1) is 17.1 Å². The Morgan fingerprint density at radius 1 is 0.870 bits per heavy atom. The number of nitrogens with zero attached hydrogens (tertiary/aromatic N) is 2. The van der Waals surface area contributed by atoms with Crippen LogP contribution in [0.4, 0.5) is 4.39 Å². The molecule has 0 aliphatic heterocycles. The fourth-order valence-corrected chi connectivity index (χ4v) is 1.97. The normalized spacial score (nSPS) is 9.30. The average molecular weight is 313 g/mol. The van der Waals surface area contributed by atoms with Crippen molar-refractivity contribution in [3.8, 4) is 22.6 Å². The third-order valence-electron chi connectivity index (χ3n) is 2.99. The first kappa shape index (κ1) is 18.6. The highest BCUT2D eigenvalue weighted by Crippen LogP contribution is 2.24. The van der Waals surface area contributed by atoms with Crippen molar-refractivity contribution in [2.45, 2.75) is 34.6 Å². The van der Waals surface area contributed by atoms with Crippen molar-refractivity contribution in [1.82, 2.24) is 15.2 Å². The molecule has 0 bridgehead atoms. The van der Waals surface area contributed by atoms with Gasteiger partial charge < -0.3 is 0 Å².